The summed E-state index contributed by atoms with van der Waals surface area (Å²) in [6.07, 6.45) is 0. The topological polar surface area (TPSA) is 41.1 Å². The second-order valence-corrected chi connectivity index (χ2v) is 5.81. The van der Waals surface area contributed by atoms with Crippen molar-refractivity contribution in [3.63, 3.8) is 0 Å². The zero-order valence-corrected chi connectivity index (χ0v) is 13.6. The van der Waals surface area contributed by atoms with Crippen molar-refractivity contribution < 1.29 is 9.18 Å². The number of anilines is 2. The maximum Gasteiger partial charge on any atom is 0.243 e. The van der Waals surface area contributed by atoms with Gasteiger partial charge in [0.25, 0.3) is 0 Å². The van der Waals surface area contributed by atoms with E-state index in [0.29, 0.717) is 5.69 Å². The van der Waals surface area contributed by atoms with E-state index in [1.54, 1.807) is 0 Å². The summed E-state index contributed by atoms with van der Waals surface area (Å²) >= 11 is 9.24. The third-order valence-electron chi connectivity index (χ3n) is 2.83. The maximum atomic E-state index is 12.9. The zero-order chi connectivity index (χ0) is 15.4. The zero-order valence-electron chi connectivity index (χ0n) is 11.2. The summed E-state index contributed by atoms with van der Waals surface area (Å²) < 4.78 is 13.9. The van der Waals surface area contributed by atoms with Crippen LogP contribution in [0.2, 0.25) is 5.02 Å². The van der Waals surface area contributed by atoms with Gasteiger partial charge in [0.05, 0.1) is 17.3 Å². The van der Waals surface area contributed by atoms with Crippen molar-refractivity contribution in [1.82, 2.24) is 0 Å². The smallest absolute Gasteiger partial charge is 0.243 e. The lowest BCUT2D eigenvalue weighted by molar-refractivity contribution is -0.114. The van der Waals surface area contributed by atoms with E-state index in [0.717, 1.165) is 21.8 Å². The van der Waals surface area contributed by atoms with E-state index in [2.05, 4.69) is 26.6 Å². The fourth-order valence-electron chi connectivity index (χ4n) is 1.79. The van der Waals surface area contributed by atoms with Crippen LogP contribution < -0.4 is 10.6 Å². The van der Waals surface area contributed by atoms with E-state index in [1.165, 1.54) is 12.1 Å². The molecule has 0 radical (unpaired) electrons. The van der Waals surface area contributed by atoms with E-state index < -0.39 is 5.82 Å². The summed E-state index contributed by atoms with van der Waals surface area (Å²) in [7, 11) is 0. The summed E-state index contributed by atoms with van der Waals surface area (Å²) in [6.45, 7) is 2.04. The number of rotatable bonds is 4. The van der Waals surface area contributed by atoms with Gasteiger partial charge in [-0.05, 0) is 48.9 Å². The quantitative estimate of drug-likeness (QED) is 0.824. The molecule has 3 nitrogen and oxygen atoms in total. The van der Waals surface area contributed by atoms with Crippen LogP contribution in [0.3, 0.4) is 0 Å². The SMILES string of the molecule is Cc1cc(Br)ccc1NCC(=O)Nc1ccc(F)cc1Cl. The lowest BCUT2D eigenvalue weighted by Crippen LogP contribution is -2.22. The number of carbonyl (C=O) groups excluding carboxylic acids is 1. The van der Waals surface area contributed by atoms with E-state index in [9.17, 15) is 9.18 Å². The standard InChI is InChI=1S/C15H13BrClFN2O/c1-9-6-10(16)2-4-13(9)19-8-15(21)20-14-5-3-11(18)7-12(14)17/h2-7,19H,8H2,1H3,(H,20,21). The van der Waals surface area contributed by atoms with Crippen LogP contribution in [0.4, 0.5) is 15.8 Å². The van der Waals surface area contributed by atoms with Crippen LogP contribution in [0.25, 0.3) is 0 Å². The Morgan fingerprint density at radius 3 is 2.62 bits per heavy atom. The highest BCUT2D eigenvalue weighted by atomic mass is 79.9. The van der Waals surface area contributed by atoms with Crippen LogP contribution in [0.15, 0.2) is 40.9 Å². The van der Waals surface area contributed by atoms with Gasteiger partial charge >= 0.3 is 0 Å². The average Bonchev–Trinajstić information content (AvgIpc) is 2.41. The predicted octanol–water partition coefficient (Wildman–Crippen LogP) is 4.60. The molecule has 0 aliphatic rings. The van der Waals surface area contributed by atoms with Crippen molar-refractivity contribution in [2.75, 3.05) is 17.2 Å². The van der Waals surface area contributed by atoms with Crippen molar-refractivity contribution in [3.05, 3.63) is 57.3 Å². The molecule has 0 fully saturated rings. The van der Waals surface area contributed by atoms with Gasteiger partial charge in [-0.1, -0.05) is 27.5 Å². The van der Waals surface area contributed by atoms with Crippen molar-refractivity contribution >= 4 is 44.8 Å². The van der Waals surface area contributed by atoms with Gasteiger partial charge < -0.3 is 10.6 Å². The molecule has 2 N–H and O–H groups in total. The number of hydrogen-bond acceptors (Lipinski definition) is 2. The van der Waals surface area contributed by atoms with Gasteiger partial charge in [-0.25, -0.2) is 4.39 Å². The predicted molar refractivity (Wildman–Crippen MR) is 87.4 cm³/mol. The molecule has 0 aliphatic carbocycles. The fraction of sp³-hybridized carbons (Fsp3) is 0.133. The molecule has 0 saturated carbocycles. The molecule has 0 spiro atoms. The molecule has 110 valence electrons. The number of carbonyl (C=O) groups is 1. The molecular weight excluding hydrogens is 359 g/mol. The Bertz CT molecular complexity index is 679. The van der Waals surface area contributed by atoms with Gasteiger partial charge in [0, 0.05) is 10.2 Å². The number of halogens is 3. The van der Waals surface area contributed by atoms with Crippen molar-refractivity contribution in [1.29, 1.82) is 0 Å². The second kappa shape index (κ2) is 6.91. The van der Waals surface area contributed by atoms with Crippen LogP contribution in [0.1, 0.15) is 5.56 Å². The Kier molecular flexibility index (Phi) is 5.20. The molecule has 0 heterocycles. The Balaban J connectivity index is 1.96. The molecule has 0 aliphatic heterocycles. The third-order valence-corrected chi connectivity index (χ3v) is 3.64. The van der Waals surface area contributed by atoms with Gasteiger partial charge in [-0.2, -0.15) is 0 Å². The Hall–Kier alpha value is -1.59. The monoisotopic (exact) mass is 370 g/mol. The number of hydrogen-bond donors (Lipinski definition) is 2. The molecule has 0 saturated heterocycles. The largest absolute Gasteiger partial charge is 0.376 e. The molecule has 1 amide bonds. The molecule has 21 heavy (non-hydrogen) atoms. The molecule has 2 aromatic rings. The number of aryl methyl sites for hydroxylation is 1. The van der Waals surface area contributed by atoms with Crippen LogP contribution in [-0.4, -0.2) is 12.5 Å². The third kappa shape index (κ3) is 4.44. The number of benzene rings is 2. The number of nitrogens with one attached hydrogen (secondary N) is 2. The molecule has 2 aromatic carbocycles. The van der Waals surface area contributed by atoms with E-state index in [-0.39, 0.29) is 17.5 Å². The Morgan fingerprint density at radius 1 is 1.24 bits per heavy atom. The Labute approximate surface area is 135 Å². The first-order valence-electron chi connectivity index (χ1n) is 6.20. The van der Waals surface area contributed by atoms with Gasteiger partial charge in [0.2, 0.25) is 5.91 Å². The minimum absolute atomic E-state index is 0.0934. The second-order valence-electron chi connectivity index (χ2n) is 4.49. The van der Waals surface area contributed by atoms with Gasteiger partial charge in [-0.3, -0.25) is 4.79 Å². The van der Waals surface area contributed by atoms with Crippen LogP contribution in [0, 0.1) is 12.7 Å². The summed E-state index contributed by atoms with van der Waals surface area (Å²) in [5.74, 6) is -0.701. The maximum absolute atomic E-state index is 12.9. The Morgan fingerprint density at radius 2 is 1.95 bits per heavy atom. The van der Waals surface area contributed by atoms with Gasteiger partial charge in [0.15, 0.2) is 0 Å². The summed E-state index contributed by atoms with van der Waals surface area (Å²) in [4.78, 5) is 11.9. The van der Waals surface area contributed by atoms with Crippen molar-refractivity contribution in [2.24, 2.45) is 0 Å². The summed E-state index contributed by atoms with van der Waals surface area (Å²) in [5, 5.41) is 5.84. The van der Waals surface area contributed by atoms with Crippen LogP contribution >= 0.6 is 27.5 Å². The van der Waals surface area contributed by atoms with E-state index in [1.807, 2.05) is 25.1 Å². The highest BCUT2D eigenvalue weighted by Gasteiger charge is 2.07. The first kappa shape index (κ1) is 15.8. The van der Waals surface area contributed by atoms with Crippen molar-refractivity contribution in [2.45, 2.75) is 6.92 Å². The minimum Gasteiger partial charge on any atom is -0.376 e. The minimum atomic E-state index is -0.443. The molecule has 0 atom stereocenters. The molecule has 2 rings (SSSR count). The fourth-order valence-corrected chi connectivity index (χ4v) is 2.48. The summed E-state index contributed by atoms with van der Waals surface area (Å²) in [5.41, 5.74) is 2.29. The van der Waals surface area contributed by atoms with Crippen molar-refractivity contribution in [3.8, 4) is 0 Å². The molecular formula is C15H13BrClFN2O. The lowest BCUT2D eigenvalue weighted by Gasteiger charge is -2.11. The van der Waals surface area contributed by atoms with E-state index >= 15 is 0 Å². The first-order valence-corrected chi connectivity index (χ1v) is 7.38. The molecule has 6 heteroatoms. The highest BCUT2D eigenvalue weighted by molar-refractivity contribution is 9.10. The van der Waals surface area contributed by atoms with Crippen LogP contribution in [0.5, 0.6) is 0 Å². The lowest BCUT2D eigenvalue weighted by atomic mass is 10.2. The average molecular weight is 372 g/mol. The molecule has 0 bridgehead atoms. The molecule has 0 aromatic heterocycles. The number of amides is 1. The van der Waals surface area contributed by atoms with Gasteiger partial charge in [-0.15, -0.1) is 0 Å². The van der Waals surface area contributed by atoms with Crippen LogP contribution in [-0.2, 0) is 4.79 Å². The van der Waals surface area contributed by atoms with Gasteiger partial charge in [0.1, 0.15) is 5.82 Å². The normalized spacial score (nSPS) is 10.3. The first-order chi connectivity index (χ1) is 9.95. The van der Waals surface area contributed by atoms with E-state index in [4.69, 9.17) is 11.6 Å². The summed E-state index contributed by atoms with van der Waals surface area (Å²) in [6, 6.07) is 9.57. The highest BCUT2D eigenvalue weighted by Crippen LogP contribution is 2.23. The molecule has 0 unspecified atom stereocenters.